The van der Waals surface area contributed by atoms with E-state index >= 15 is 0 Å². The Bertz CT molecular complexity index is 546. The van der Waals surface area contributed by atoms with Crippen molar-refractivity contribution in [2.45, 2.75) is 38.6 Å². The van der Waals surface area contributed by atoms with Crippen molar-refractivity contribution >= 4 is 18.0 Å². The molecule has 0 unspecified atom stereocenters. The van der Waals surface area contributed by atoms with E-state index in [-0.39, 0.29) is 6.61 Å². The SMILES string of the molecule is C[C@H](NC(=O)OCc1ccccc1)C(=O)N[C@@H](C(=O)O)[C@@H](C)O. The number of nitrogens with one attached hydrogen (secondary N) is 2. The minimum atomic E-state index is -1.45. The number of carboxylic acid groups (broad SMARTS) is 1. The van der Waals surface area contributed by atoms with E-state index in [0.717, 1.165) is 5.56 Å². The van der Waals surface area contributed by atoms with E-state index in [9.17, 15) is 19.5 Å². The van der Waals surface area contributed by atoms with Crippen LogP contribution in [0.3, 0.4) is 0 Å². The predicted octanol–water partition coefficient (Wildman–Crippen LogP) is 0.251. The number of carboxylic acids is 1. The van der Waals surface area contributed by atoms with Crippen molar-refractivity contribution in [3.05, 3.63) is 35.9 Å². The summed E-state index contributed by atoms with van der Waals surface area (Å²) in [7, 11) is 0. The molecule has 0 fully saturated rings. The number of hydrogen-bond donors (Lipinski definition) is 4. The number of ether oxygens (including phenoxy) is 1. The Morgan fingerprint density at radius 3 is 2.26 bits per heavy atom. The number of hydrogen-bond acceptors (Lipinski definition) is 5. The lowest BCUT2D eigenvalue weighted by Crippen LogP contribution is -2.53. The van der Waals surface area contributed by atoms with Crippen LogP contribution >= 0.6 is 0 Å². The molecule has 0 aliphatic heterocycles. The molecule has 2 amide bonds. The molecule has 8 nitrogen and oxygen atoms in total. The summed E-state index contributed by atoms with van der Waals surface area (Å²) in [5.74, 6) is -2.11. The highest BCUT2D eigenvalue weighted by molar-refractivity contribution is 5.89. The normalized spacial score (nSPS) is 14.2. The molecular weight excluding hydrogens is 304 g/mol. The maximum atomic E-state index is 11.8. The van der Waals surface area contributed by atoms with Crippen LogP contribution in [-0.4, -0.2) is 46.4 Å². The molecule has 0 bridgehead atoms. The zero-order chi connectivity index (χ0) is 17.4. The molecule has 1 rings (SSSR count). The fraction of sp³-hybridized carbons (Fsp3) is 0.400. The molecule has 3 atom stereocenters. The van der Waals surface area contributed by atoms with Gasteiger partial charge in [-0.2, -0.15) is 0 Å². The molecule has 1 aromatic rings. The first-order valence-electron chi connectivity index (χ1n) is 6.99. The Morgan fingerprint density at radius 1 is 1.13 bits per heavy atom. The first kappa shape index (κ1) is 18.4. The van der Waals surface area contributed by atoms with E-state index in [4.69, 9.17) is 9.84 Å². The average molecular weight is 324 g/mol. The summed E-state index contributed by atoms with van der Waals surface area (Å²) in [4.78, 5) is 34.3. The Hall–Kier alpha value is -2.61. The molecule has 0 aliphatic rings. The first-order chi connectivity index (χ1) is 10.8. The Balaban J connectivity index is 2.44. The number of aliphatic hydroxyl groups is 1. The average Bonchev–Trinajstić information content (AvgIpc) is 2.50. The lowest BCUT2D eigenvalue weighted by atomic mass is 10.1. The van der Waals surface area contributed by atoms with Gasteiger partial charge in [-0.05, 0) is 19.4 Å². The van der Waals surface area contributed by atoms with Crippen LogP contribution in [0.25, 0.3) is 0 Å². The number of carbonyl (C=O) groups excluding carboxylic acids is 2. The van der Waals surface area contributed by atoms with Gasteiger partial charge in [-0.25, -0.2) is 9.59 Å². The fourth-order valence-electron chi connectivity index (χ4n) is 1.67. The highest BCUT2D eigenvalue weighted by Crippen LogP contribution is 2.01. The molecule has 0 heterocycles. The third-order valence-corrected chi connectivity index (χ3v) is 2.99. The summed E-state index contributed by atoms with van der Waals surface area (Å²) in [6.07, 6.45) is -2.07. The smallest absolute Gasteiger partial charge is 0.408 e. The summed E-state index contributed by atoms with van der Waals surface area (Å²) in [5, 5.41) is 22.6. The van der Waals surface area contributed by atoms with Gasteiger partial charge in [0, 0.05) is 0 Å². The molecule has 126 valence electrons. The van der Waals surface area contributed by atoms with Crippen molar-refractivity contribution in [1.29, 1.82) is 0 Å². The third-order valence-electron chi connectivity index (χ3n) is 2.99. The highest BCUT2D eigenvalue weighted by Gasteiger charge is 2.27. The van der Waals surface area contributed by atoms with Crippen molar-refractivity contribution in [2.75, 3.05) is 0 Å². The van der Waals surface area contributed by atoms with Gasteiger partial charge in [-0.15, -0.1) is 0 Å². The molecule has 23 heavy (non-hydrogen) atoms. The van der Waals surface area contributed by atoms with Crippen LogP contribution in [0.5, 0.6) is 0 Å². The lowest BCUT2D eigenvalue weighted by molar-refractivity contribution is -0.145. The quantitative estimate of drug-likeness (QED) is 0.570. The van der Waals surface area contributed by atoms with E-state index in [1.807, 2.05) is 6.07 Å². The second kappa shape index (κ2) is 8.74. The number of alkyl carbamates (subject to hydrolysis) is 1. The van der Waals surface area contributed by atoms with E-state index in [1.165, 1.54) is 13.8 Å². The lowest BCUT2D eigenvalue weighted by Gasteiger charge is -2.20. The Morgan fingerprint density at radius 2 is 1.74 bits per heavy atom. The van der Waals surface area contributed by atoms with Gasteiger partial charge in [0.15, 0.2) is 6.04 Å². The van der Waals surface area contributed by atoms with Crippen LogP contribution in [0.4, 0.5) is 4.79 Å². The molecule has 0 saturated heterocycles. The summed E-state index contributed by atoms with van der Waals surface area (Å²) < 4.78 is 4.95. The van der Waals surface area contributed by atoms with Crippen LogP contribution in [0.15, 0.2) is 30.3 Å². The monoisotopic (exact) mass is 324 g/mol. The van der Waals surface area contributed by atoms with Gasteiger partial charge in [-0.1, -0.05) is 30.3 Å². The standard InChI is InChI=1S/C15H20N2O6/c1-9(13(19)17-12(10(2)18)14(20)21)16-15(22)23-8-11-6-4-3-5-7-11/h3-7,9-10,12,18H,8H2,1-2H3,(H,16,22)(H,17,19)(H,20,21)/t9-,10+,12+/m0/s1. The zero-order valence-electron chi connectivity index (χ0n) is 12.9. The van der Waals surface area contributed by atoms with E-state index in [1.54, 1.807) is 24.3 Å². The summed E-state index contributed by atoms with van der Waals surface area (Å²) in [6.45, 7) is 2.66. The molecular formula is C15H20N2O6. The highest BCUT2D eigenvalue weighted by atomic mass is 16.5. The van der Waals surface area contributed by atoms with Crippen LogP contribution in [0.2, 0.25) is 0 Å². The number of aliphatic hydroxyl groups excluding tert-OH is 1. The van der Waals surface area contributed by atoms with E-state index in [2.05, 4.69) is 10.6 Å². The van der Waals surface area contributed by atoms with Gasteiger partial charge in [-0.3, -0.25) is 4.79 Å². The summed E-state index contributed by atoms with van der Waals surface area (Å²) >= 11 is 0. The maximum absolute atomic E-state index is 11.8. The minimum Gasteiger partial charge on any atom is -0.480 e. The molecule has 8 heteroatoms. The van der Waals surface area contributed by atoms with E-state index in [0.29, 0.717) is 0 Å². The van der Waals surface area contributed by atoms with Gasteiger partial charge >= 0.3 is 12.1 Å². The van der Waals surface area contributed by atoms with Gasteiger partial charge in [0.05, 0.1) is 6.10 Å². The molecule has 0 aromatic heterocycles. The van der Waals surface area contributed by atoms with Crippen LogP contribution in [0.1, 0.15) is 19.4 Å². The number of benzene rings is 1. The van der Waals surface area contributed by atoms with Gasteiger partial charge in [0.2, 0.25) is 5.91 Å². The first-order valence-corrected chi connectivity index (χ1v) is 6.99. The topological polar surface area (TPSA) is 125 Å². The van der Waals surface area contributed by atoms with Crippen LogP contribution < -0.4 is 10.6 Å². The number of rotatable bonds is 7. The molecule has 1 aromatic carbocycles. The van der Waals surface area contributed by atoms with Crippen molar-refractivity contribution < 1.29 is 29.3 Å². The Labute approximate surface area is 133 Å². The fourth-order valence-corrected chi connectivity index (χ4v) is 1.67. The molecule has 0 radical (unpaired) electrons. The van der Waals surface area contributed by atoms with Crippen molar-refractivity contribution in [3.8, 4) is 0 Å². The summed E-state index contributed by atoms with van der Waals surface area (Å²) in [6, 6.07) is 6.53. The van der Waals surface area contributed by atoms with Gasteiger partial charge < -0.3 is 25.6 Å². The zero-order valence-corrected chi connectivity index (χ0v) is 12.9. The number of amides is 2. The predicted molar refractivity (Wildman–Crippen MR) is 80.5 cm³/mol. The van der Waals surface area contributed by atoms with E-state index < -0.39 is 36.2 Å². The van der Waals surface area contributed by atoms with Gasteiger partial charge in [0.25, 0.3) is 0 Å². The maximum Gasteiger partial charge on any atom is 0.408 e. The molecule has 4 N–H and O–H groups in total. The largest absolute Gasteiger partial charge is 0.480 e. The van der Waals surface area contributed by atoms with Crippen molar-refractivity contribution in [1.82, 2.24) is 10.6 Å². The van der Waals surface area contributed by atoms with Crippen molar-refractivity contribution in [2.24, 2.45) is 0 Å². The Kier molecular flexibility index (Phi) is 7.01. The van der Waals surface area contributed by atoms with Crippen LogP contribution in [-0.2, 0) is 20.9 Å². The summed E-state index contributed by atoms with van der Waals surface area (Å²) in [5.41, 5.74) is 0.791. The third kappa shape index (κ3) is 6.35. The van der Waals surface area contributed by atoms with Crippen molar-refractivity contribution in [3.63, 3.8) is 0 Å². The molecule has 0 spiro atoms. The number of carbonyl (C=O) groups is 3. The molecule has 0 saturated carbocycles. The second-order valence-corrected chi connectivity index (χ2v) is 4.99. The second-order valence-electron chi connectivity index (χ2n) is 4.99. The minimum absolute atomic E-state index is 0.0481. The number of aliphatic carboxylic acids is 1. The van der Waals surface area contributed by atoms with Gasteiger partial charge in [0.1, 0.15) is 12.6 Å². The van der Waals surface area contributed by atoms with Crippen LogP contribution in [0, 0.1) is 0 Å². The molecule has 0 aliphatic carbocycles.